The standard InChI is InChI=1S/C13H15N5O2/c1-8-4-5-10(9(2)15-8)12(19)17-18-13-14-7-6-11(16-13)20-3/h4-7H,1-3H3,(H,17,19)(H,14,16,18). The van der Waals surface area contributed by atoms with E-state index in [1.165, 1.54) is 13.3 Å². The van der Waals surface area contributed by atoms with Crippen LogP contribution in [0.25, 0.3) is 0 Å². The lowest BCUT2D eigenvalue weighted by Crippen LogP contribution is -2.31. The number of carbonyl (C=O) groups is 1. The van der Waals surface area contributed by atoms with Crippen LogP contribution < -0.4 is 15.6 Å². The van der Waals surface area contributed by atoms with E-state index in [4.69, 9.17) is 4.74 Å². The number of pyridine rings is 1. The van der Waals surface area contributed by atoms with Crippen LogP contribution in [0, 0.1) is 13.8 Å². The highest BCUT2D eigenvalue weighted by atomic mass is 16.5. The van der Waals surface area contributed by atoms with E-state index in [9.17, 15) is 4.79 Å². The average molecular weight is 273 g/mol. The van der Waals surface area contributed by atoms with Gasteiger partial charge in [0.05, 0.1) is 18.4 Å². The molecule has 1 amide bonds. The van der Waals surface area contributed by atoms with Gasteiger partial charge in [-0.15, -0.1) is 0 Å². The van der Waals surface area contributed by atoms with Crippen LogP contribution in [-0.2, 0) is 0 Å². The smallest absolute Gasteiger partial charge is 0.271 e. The predicted molar refractivity (Wildman–Crippen MR) is 73.4 cm³/mol. The molecule has 0 fully saturated rings. The molecule has 0 aromatic carbocycles. The minimum atomic E-state index is -0.304. The molecule has 7 nitrogen and oxygen atoms in total. The highest BCUT2D eigenvalue weighted by Gasteiger charge is 2.10. The van der Waals surface area contributed by atoms with E-state index < -0.39 is 0 Å². The van der Waals surface area contributed by atoms with Gasteiger partial charge in [-0.25, -0.2) is 4.98 Å². The molecule has 0 bridgehead atoms. The molecule has 0 atom stereocenters. The van der Waals surface area contributed by atoms with E-state index in [0.29, 0.717) is 17.1 Å². The van der Waals surface area contributed by atoms with Crippen molar-refractivity contribution in [2.45, 2.75) is 13.8 Å². The first-order chi connectivity index (χ1) is 9.60. The van der Waals surface area contributed by atoms with Gasteiger partial charge in [-0.05, 0) is 26.0 Å². The molecule has 0 saturated carbocycles. The number of carbonyl (C=O) groups excluding carboxylic acids is 1. The number of nitrogens with zero attached hydrogens (tertiary/aromatic N) is 3. The van der Waals surface area contributed by atoms with Gasteiger partial charge in [0.1, 0.15) is 0 Å². The molecule has 2 aromatic heterocycles. The maximum absolute atomic E-state index is 12.0. The minimum absolute atomic E-state index is 0.246. The number of anilines is 1. The third-order valence-corrected chi connectivity index (χ3v) is 2.60. The average Bonchev–Trinajstić information content (AvgIpc) is 2.45. The van der Waals surface area contributed by atoms with Gasteiger partial charge in [-0.1, -0.05) is 0 Å². The number of ether oxygens (including phenoxy) is 1. The van der Waals surface area contributed by atoms with Crippen molar-refractivity contribution < 1.29 is 9.53 Å². The molecule has 0 radical (unpaired) electrons. The Labute approximate surface area is 116 Å². The number of hydrogen-bond acceptors (Lipinski definition) is 6. The zero-order chi connectivity index (χ0) is 14.5. The summed E-state index contributed by atoms with van der Waals surface area (Å²) in [5.41, 5.74) is 7.17. The summed E-state index contributed by atoms with van der Waals surface area (Å²) in [4.78, 5) is 24.2. The zero-order valence-electron chi connectivity index (χ0n) is 11.5. The number of hydrazine groups is 1. The third kappa shape index (κ3) is 3.19. The molecule has 0 aliphatic rings. The molecule has 0 spiro atoms. The summed E-state index contributed by atoms with van der Waals surface area (Å²) < 4.78 is 4.96. The minimum Gasteiger partial charge on any atom is -0.481 e. The lowest BCUT2D eigenvalue weighted by molar-refractivity contribution is 0.0961. The summed E-state index contributed by atoms with van der Waals surface area (Å²) >= 11 is 0. The van der Waals surface area contributed by atoms with Crippen molar-refractivity contribution in [3.05, 3.63) is 41.3 Å². The summed E-state index contributed by atoms with van der Waals surface area (Å²) in [6, 6.07) is 5.12. The molecule has 0 aliphatic heterocycles. The molecule has 2 rings (SSSR count). The SMILES string of the molecule is COc1ccnc(NNC(=O)c2ccc(C)nc2C)n1. The normalized spacial score (nSPS) is 9.95. The fourth-order valence-corrected chi connectivity index (χ4v) is 1.62. The Morgan fingerprint density at radius 1 is 1.20 bits per heavy atom. The first kappa shape index (κ1) is 13.7. The van der Waals surface area contributed by atoms with Gasteiger partial charge in [0.2, 0.25) is 11.8 Å². The Balaban J connectivity index is 2.04. The van der Waals surface area contributed by atoms with Crippen LogP contribution >= 0.6 is 0 Å². The van der Waals surface area contributed by atoms with Crippen LogP contribution in [0.1, 0.15) is 21.7 Å². The summed E-state index contributed by atoms with van der Waals surface area (Å²) in [6.07, 6.45) is 1.53. The predicted octanol–water partition coefficient (Wildman–Crippen LogP) is 1.25. The molecule has 2 aromatic rings. The van der Waals surface area contributed by atoms with E-state index >= 15 is 0 Å². The van der Waals surface area contributed by atoms with Gasteiger partial charge in [0.15, 0.2) is 0 Å². The Bertz CT molecular complexity index is 630. The van der Waals surface area contributed by atoms with Crippen molar-refractivity contribution >= 4 is 11.9 Å². The van der Waals surface area contributed by atoms with Crippen molar-refractivity contribution in [1.82, 2.24) is 20.4 Å². The molecule has 0 aliphatic carbocycles. The van der Waals surface area contributed by atoms with Crippen LogP contribution in [-0.4, -0.2) is 28.0 Å². The van der Waals surface area contributed by atoms with Crippen LogP contribution in [0.3, 0.4) is 0 Å². The molecular formula is C13H15N5O2. The first-order valence-electron chi connectivity index (χ1n) is 5.98. The van der Waals surface area contributed by atoms with Gasteiger partial charge >= 0.3 is 0 Å². The first-order valence-corrected chi connectivity index (χ1v) is 5.98. The summed E-state index contributed by atoms with van der Waals surface area (Å²) in [5, 5.41) is 0. The van der Waals surface area contributed by atoms with Gasteiger partial charge in [-0.3, -0.25) is 20.6 Å². The molecule has 20 heavy (non-hydrogen) atoms. The second-order valence-corrected chi connectivity index (χ2v) is 4.09. The summed E-state index contributed by atoms with van der Waals surface area (Å²) in [6.45, 7) is 3.65. The number of methoxy groups -OCH3 is 1. The number of hydrogen-bond donors (Lipinski definition) is 2. The second kappa shape index (κ2) is 5.96. The van der Waals surface area contributed by atoms with Crippen molar-refractivity contribution in [2.75, 3.05) is 12.5 Å². The van der Waals surface area contributed by atoms with E-state index in [0.717, 1.165) is 5.69 Å². The second-order valence-electron chi connectivity index (χ2n) is 4.09. The molecule has 2 heterocycles. The van der Waals surface area contributed by atoms with Gasteiger partial charge in [0.25, 0.3) is 5.91 Å². The summed E-state index contributed by atoms with van der Waals surface area (Å²) in [7, 11) is 1.51. The fourth-order valence-electron chi connectivity index (χ4n) is 1.62. The number of nitrogens with one attached hydrogen (secondary N) is 2. The largest absolute Gasteiger partial charge is 0.481 e. The fraction of sp³-hybridized carbons (Fsp3) is 0.231. The number of aryl methyl sites for hydroxylation is 2. The van der Waals surface area contributed by atoms with E-state index in [2.05, 4.69) is 25.8 Å². The number of rotatable bonds is 4. The van der Waals surface area contributed by atoms with E-state index in [1.54, 1.807) is 25.1 Å². The lowest BCUT2D eigenvalue weighted by atomic mass is 10.2. The Morgan fingerprint density at radius 2 is 2.00 bits per heavy atom. The van der Waals surface area contributed by atoms with Crippen LogP contribution in [0.4, 0.5) is 5.95 Å². The highest BCUT2D eigenvalue weighted by Crippen LogP contribution is 2.08. The van der Waals surface area contributed by atoms with Crippen molar-refractivity contribution in [3.8, 4) is 5.88 Å². The topological polar surface area (TPSA) is 89.0 Å². The maximum atomic E-state index is 12.0. The lowest BCUT2D eigenvalue weighted by Gasteiger charge is -2.09. The van der Waals surface area contributed by atoms with Crippen molar-refractivity contribution in [2.24, 2.45) is 0 Å². The Hall–Kier alpha value is -2.70. The zero-order valence-corrected chi connectivity index (χ0v) is 11.5. The molecule has 0 saturated heterocycles. The number of amides is 1. The molecule has 2 N–H and O–H groups in total. The third-order valence-electron chi connectivity index (χ3n) is 2.60. The monoisotopic (exact) mass is 273 g/mol. The number of aromatic nitrogens is 3. The maximum Gasteiger partial charge on any atom is 0.271 e. The molecule has 0 unspecified atom stereocenters. The molecule has 104 valence electrons. The summed E-state index contributed by atoms with van der Waals surface area (Å²) in [5.74, 6) is 0.349. The van der Waals surface area contributed by atoms with Crippen LogP contribution in [0.2, 0.25) is 0 Å². The van der Waals surface area contributed by atoms with E-state index in [1.807, 2.05) is 6.92 Å². The van der Waals surface area contributed by atoms with Crippen molar-refractivity contribution in [3.63, 3.8) is 0 Å². The Morgan fingerprint density at radius 3 is 2.70 bits per heavy atom. The van der Waals surface area contributed by atoms with Crippen LogP contribution in [0.5, 0.6) is 5.88 Å². The quantitative estimate of drug-likeness (QED) is 0.815. The van der Waals surface area contributed by atoms with Gasteiger partial charge in [-0.2, -0.15) is 4.98 Å². The van der Waals surface area contributed by atoms with E-state index in [-0.39, 0.29) is 11.9 Å². The van der Waals surface area contributed by atoms with Gasteiger partial charge < -0.3 is 4.74 Å². The van der Waals surface area contributed by atoms with Crippen LogP contribution in [0.15, 0.2) is 24.4 Å². The molecular weight excluding hydrogens is 258 g/mol. The highest BCUT2D eigenvalue weighted by molar-refractivity contribution is 5.95. The molecule has 7 heteroatoms. The Kier molecular flexibility index (Phi) is 4.09. The van der Waals surface area contributed by atoms with Crippen molar-refractivity contribution in [1.29, 1.82) is 0 Å². The van der Waals surface area contributed by atoms with Gasteiger partial charge in [0, 0.05) is 18.0 Å².